The molecule has 0 bridgehead atoms. The summed E-state index contributed by atoms with van der Waals surface area (Å²) in [5, 5.41) is 31.8. The minimum Gasteiger partial charge on any atom is -0.393 e. The fraction of sp³-hybridized carbons (Fsp3) is 0.952. The molecule has 3 heterocycles. The van der Waals surface area contributed by atoms with Gasteiger partial charge in [0.2, 0.25) is 5.91 Å². The zero-order valence-electron chi connectivity index (χ0n) is 33.0. The number of carbonyl (C=O) groups is 2. The van der Waals surface area contributed by atoms with Crippen molar-refractivity contribution in [2.75, 3.05) is 33.2 Å². The first-order valence-electron chi connectivity index (χ1n) is 21.5. The summed E-state index contributed by atoms with van der Waals surface area (Å²) in [7, 11) is 2.07. The second kappa shape index (κ2) is 25.8. The standard InChI is InChI=1S/C42H78N2O7/c1-4-5-6-16-20-34(46)21-19-24-37(48)39-26-28-41(51-39)40-27-25-38(50-40)36(47)23-18-15-13-11-9-7-8-10-12-14-17-22-35(33(2)45)42(49)44-31-29-43(3)30-32-44/h34-41,46-48H,4-32H2,1-3H3/t34-,35?,36+,37-,38+,39+,40+,41+/m0/s1. The largest absolute Gasteiger partial charge is 0.393 e. The molecule has 3 rings (SSSR count). The van der Waals surface area contributed by atoms with Crippen molar-refractivity contribution in [2.24, 2.45) is 5.92 Å². The zero-order chi connectivity index (χ0) is 36.8. The molecule has 9 heteroatoms. The Morgan fingerprint density at radius 1 is 0.588 bits per heavy atom. The molecule has 3 N–H and O–H groups in total. The topological polar surface area (TPSA) is 120 Å². The van der Waals surface area contributed by atoms with E-state index in [-0.39, 0.29) is 42.2 Å². The molecule has 9 nitrogen and oxygen atoms in total. The fourth-order valence-corrected chi connectivity index (χ4v) is 8.42. The first kappa shape index (κ1) is 44.3. The highest BCUT2D eigenvalue weighted by molar-refractivity contribution is 6.00. The van der Waals surface area contributed by atoms with Crippen molar-refractivity contribution in [1.82, 2.24) is 9.80 Å². The first-order valence-corrected chi connectivity index (χ1v) is 21.5. The highest BCUT2D eigenvalue weighted by atomic mass is 16.6. The quantitative estimate of drug-likeness (QED) is 0.0567. The number of hydrogen-bond acceptors (Lipinski definition) is 8. The number of aliphatic hydroxyl groups excluding tert-OH is 3. The Kier molecular flexibility index (Phi) is 22.4. The Balaban J connectivity index is 1.12. The molecule has 3 fully saturated rings. The van der Waals surface area contributed by atoms with Crippen molar-refractivity contribution in [2.45, 2.75) is 217 Å². The number of unbranched alkanes of at least 4 members (excludes halogenated alkanes) is 13. The third kappa shape index (κ3) is 17.3. The van der Waals surface area contributed by atoms with E-state index in [0.717, 1.165) is 110 Å². The van der Waals surface area contributed by atoms with Crippen LogP contribution in [0.3, 0.4) is 0 Å². The number of hydrogen-bond donors (Lipinski definition) is 3. The van der Waals surface area contributed by atoms with Crippen molar-refractivity contribution in [3.63, 3.8) is 0 Å². The van der Waals surface area contributed by atoms with Crippen LogP contribution in [-0.2, 0) is 19.1 Å². The zero-order valence-corrected chi connectivity index (χ0v) is 33.0. The van der Waals surface area contributed by atoms with Gasteiger partial charge in [0.05, 0.1) is 48.6 Å². The summed E-state index contributed by atoms with van der Waals surface area (Å²) < 4.78 is 12.6. The van der Waals surface area contributed by atoms with E-state index in [0.29, 0.717) is 12.8 Å². The van der Waals surface area contributed by atoms with Gasteiger partial charge in [-0.05, 0) is 78.2 Å². The predicted molar refractivity (Wildman–Crippen MR) is 205 cm³/mol. The van der Waals surface area contributed by atoms with Crippen molar-refractivity contribution >= 4 is 11.7 Å². The molecule has 0 aromatic carbocycles. The van der Waals surface area contributed by atoms with Gasteiger partial charge in [-0.2, -0.15) is 0 Å². The lowest BCUT2D eigenvalue weighted by Gasteiger charge is -2.34. The van der Waals surface area contributed by atoms with Gasteiger partial charge in [-0.15, -0.1) is 0 Å². The Bertz CT molecular complexity index is 929. The number of likely N-dealkylation sites (N-methyl/N-ethyl adjacent to an activating group) is 1. The third-order valence-electron chi connectivity index (χ3n) is 12.0. The maximum Gasteiger partial charge on any atom is 0.233 e. The van der Waals surface area contributed by atoms with Crippen LogP contribution in [0.4, 0.5) is 0 Å². The number of Topliss-reactive ketones (excluding diaryl/α,β-unsaturated/α-hetero) is 1. The summed E-state index contributed by atoms with van der Waals surface area (Å²) in [6.07, 6.45) is 24.3. The van der Waals surface area contributed by atoms with Gasteiger partial charge in [-0.25, -0.2) is 0 Å². The number of ether oxygens (including phenoxy) is 2. The van der Waals surface area contributed by atoms with Gasteiger partial charge in [0.1, 0.15) is 5.78 Å². The summed E-state index contributed by atoms with van der Waals surface area (Å²) in [6, 6.07) is 0. The summed E-state index contributed by atoms with van der Waals surface area (Å²) in [4.78, 5) is 29.2. The van der Waals surface area contributed by atoms with E-state index in [9.17, 15) is 24.9 Å². The monoisotopic (exact) mass is 723 g/mol. The van der Waals surface area contributed by atoms with Crippen molar-refractivity contribution in [3.8, 4) is 0 Å². The maximum absolute atomic E-state index is 12.9. The van der Waals surface area contributed by atoms with Crippen molar-refractivity contribution < 1.29 is 34.4 Å². The van der Waals surface area contributed by atoms with Gasteiger partial charge in [0, 0.05) is 26.2 Å². The number of rotatable bonds is 28. The third-order valence-corrected chi connectivity index (χ3v) is 12.0. The van der Waals surface area contributed by atoms with Gasteiger partial charge < -0.3 is 34.6 Å². The van der Waals surface area contributed by atoms with E-state index >= 15 is 0 Å². The molecule has 51 heavy (non-hydrogen) atoms. The Morgan fingerprint density at radius 3 is 1.53 bits per heavy atom. The molecule has 3 aliphatic heterocycles. The molecule has 0 aromatic heterocycles. The molecule has 298 valence electrons. The molecule has 0 aromatic rings. The van der Waals surface area contributed by atoms with Crippen LogP contribution >= 0.6 is 0 Å². The van der Waals surface area contributed by atoms with E-state index in [1.54, 1.807) is 6.92 Å². The highest BCUT2D eigenvalue weighted by Crippen LogP contribution is 2.34. The summed E-state index contributed by atoms with van der Waals surface area (Å²) in [6.45, 7) is 7.00. The normalized spacial score (nSPS) is 25.3. The predicted octanol–water partition coefficient (Wildman–Crippen LogP) is 7.36. The van der Waals surface area contributed by atoms with Crippen molar-refractivity contribution in [3.05, 3.63) is 0 Å². The Labute approximate surface area is 311 Å². The molecule has 8 atom stereocenters. The lowest BCUT2D eigenvalue weighted by molar-refractivity contribution is -0.142. The number of nitrogens with zero attached hydrogens (tertiary/aromatic N) is 2. The molecular weight excluding hydrogens is 644 g/mol. The van der Waals surface area contributed by atoms with Crippen molar-refractivity contribution in [1.29, 1.82) is 0 Å². The molecular formula is C42H78N2O7. The first-order chi connectivity index (χ1) is 24.7. The van der Waals surface area contributed by atoms with Crippen LogP contribution in [0.5, 0.6) is 0 Å². The van der Waals surface area contributed by atoms with Crippen LogP contribution in [0, 0.1) is 5.92 Å². The van der Waals surface area contributed by atoms with Gasteiger partial charge in [0.15, 0.2) is 0 Å². The second-order valence-electron chi connectivity index (χ2n) is 16.4. The van der Waals surface area contributed by atoms with Crippen LogP contribution in [-0.4, -0.2) is 113 Å². The average Bonchev–Trinajstić information content (AvgIpc) is 3.81. The summed E-state index contributed by atoms with van der Waals surface area (Å²) >= 11 is 0. The molecule has 3 saturated heterocycles. The van der Waals surface area contributed by atoms with Gasteiger partial charge in [0.25, 0.3) is 0 Å². The van der Waals surface area contributed by atoms with Crippen LogP contribution in [0.15, 0.2) is 0 Å². The second-order valence-corrected chi connectivity index (χ2v) is 16.4. The lowest BCUT2D eigenvalue weighted by Crippen LogP contribution is -2.50. The van der Waals surface area contributed by atoms with Crippen LogP contribution in [0.2, 0.25) is 0 Å². The van der Waals surface area contributed by atoms with E-state index in [1.165, 1.54) is 64.2 Å². The van der Waals surface area contributed by atoms with Gasteiger partial charge in [-0.3, -0.25) is 9.59 Å². The smallest absolute Gasteiger partial charge is 0.233 e. The number of ketones is 1. The van der Waals surface area contributed by atoms with E-state index < -0.39 is 18.1 Å². The maximum atomic E-state index is 12.9. The molecule has 3 aliphatic rings. The van der Waals surface area contributed by atoms with Crippen LogP contribution in [0.25, 0.3) is 0 Å². The minimum absolute atomic E-state index is 0.00741. The van der Waals surface area contributed by atoms with Crippen LogP contribution < -0.4 is 0 Å². The van der Waals surface area contributed by atoms with E-state index in [4.69, 9.17) is 9.47 Å². The van der Waals surface area contributed by atoms with Crippen LogP contribution in [0.1, 0.15) is 174 Å². The van der Waals surface area contributed by atoms with E-state index in [1.807, 2.05) is 4.90 Å². The molecule has 1 unspecified atom stereocenters. The summed E-state index contributed by atoms with van der Waals surface area (Å²) in [5.74, 6) is -0.397. The SMILES string of the molecule is CCCCCC[C@H](O)CCC[C@H](O)[C@H]1CC[C@H]([C@H]2CC[C@H]([C@H](O)CCCCCCCCCCCCCC(C(C)=O)C(=O)N3CCN(C)CC3)O2)O1. The number of aliphatic hydroxyl groups is 3. The lowest BCUT2D eigenvalue weighted by atomic mass is 9.95. The van der Waals surface area contributed by atoms with E-state index in [2.05, 4.69) is 18.9 Å². The highest BCUT2D eigenvalue weighted by Gasteiger charge is 2.40. The molecule has 0 radical (unpaired) electrons. The average molecular weight is 723 g/mol. The fourth-order valence-electron chi connectivity index (χ4n) is 8.42. The molecule has 0 aliphatic carbocycles. The molecule has 0 spiro atoms. The Morgan fingerprint density at radius 2 is 1.02 bits per heavy atom. The number of amides is 1. The number of piperazine rings is 1. The van der Waals surface area contributed by atoms with Gasteiger partial charge >= 0.3 is 0 Å². The summed E-state index contributed by atoms with van der Waals surface area (Å²) in [5.41, 5.74) is 0. The minimum atomic E-state index is -0.487. The molecule has 0 saturated carbocycles. The number of carbonyl (C=O) groups excluding carboxylic acids is 2. The Hall–Kier alpha value is -1.10. The molecule has 1 amide bonds. The van der Waals surface area contributed by atoms with Gasteiger partial charge in [-0.1, -0.05) is 103 Å².